The van der Waals surface area contributed by atoms with Gasteiger partial charge in [-0.15, -0.1) is 35.3 Å². The number of halogens is 1. The third-order valence-electron chi connectivity index (χ3n) is 3.89. The van der Waals surface area contributed by atoms with E-state index in [1.54, 1.807) is 0 Å². The van der Waals surface area contributed by atoms with Crippen molar-refractivity contribution >= 4 is 41.3 Å². The van der Waals surface area contributed by atoms with Crippen molar-refractivity contribution in [3.63, 3.8) is 0 Å². The van der Waals surface area contributed by atoms with Gasteiger partial charge >= 0.3 is 0 Å². The van der Waals surface area contributed by atoms with Gasteiger partial charge in [-0.25, -0.2) is 4.99 Å². The van der Waals surface area contributed by atoms with Gasteiger partial charge in [0.25, 0.3) is 0 Å². The second-order valence-electron chi connectivity index (χ2n) is 5.91. The van der Waals surface area contributed by atoms with E-state index < -0.39 is 0 Å². The molecule has 1 atom stereocenters. The molecule has 2 rings (SSSR count). The van der Waals surface area contributed by atoms with Crippen molar-refractivity contribution in [3.8, 4) is 0 Å². The predicted molar refractivity (Wildman–Crippen MR) is 116 cm³/mol. The highest BCUT2D eigenvalue weighted by atomic mass is 127. The molecule has 1 aliphatic rings. The molecule has 1 fully saturated rings. The van der Waals surface area contributed by atoms with Crippen molar-refractivity contribution < 1.29 is 9.47 Å². The zero-order chi connectivity index (χ0) is 17.0. The minimum absolute atomic E-state index is 0. The standard InChI is InChI=1S/C18H31N3O2S.HI/c1-3-16-8-9-17(24-16)13-21-18(19-4-2)20-10-6-11-22-14-15-7-5-12-23-15;/h8-9,15H,3-7,10-14H2,1-2H3,(H2,19,20,21);1H. The normalized spacial score (nSPS) is 17.4. The van der Waals surface area contributed by atoms with Crippen LogP contribution >= 0.6 is 35.3 Å². The van der Waals surface area contributed by atoms with Gasteiger partial charge in [0, 0.05) is 36.1 Å². The van der Waals surface area contributed by atoms with Crippen LogP contribution in [0.25, 0.3) is 0 Å². The van der Waals surface area contributed by atoms with Gasteiger partial charge in [-0.05, 0) is 44.7 Å². The second kappa shape index (κ2) is 13.8. The first-order chi connectivity index (χ1) is 11.8. The molecule has 5 nitrogen and oxygen atoms in total. The van der Waals surface area contributed by atoms with Gasteiger partial charge in [-0.2, -0.15) is 0 Å². The Kier molecular flexibility index (Phi) is 12.5. The van der Waals surface area contributed by atoms with E-state index in [0.717, 1.165) is 64.7 Å². The lowest BCUT2D eigenvalue weighted by molar-refractivity contribution is 0.0168. The van der Waals surface area contributed by atoms with Gasteiger partial charge in [-0.1, -0.05) is 6.92 Å². The van der Waals surface area contributed by atoms with Crippen molar-refractivity contribution in [2.24, 2.45) is 4.99 Å². The molecule has 1 unspecified atom stereocenters. The lowest BCUT2D eigenvalue weighted by Gasteiger charge is -2.12. The monoisotopic (exact) mass is 481 g/mol. The molecule has 1 aromatic heterocycles. The van der Waals surface area contributed by atoms with E-state index in [0.29, 0.717) is 6.10 Å². The molecule has 0 radical (unpaired) electrons. The number of hydrogen-bond acceptors (Lipinski definition) is 4. The summed E-state index contributed by atoms with van der Waals surface area (Å²) in [5.41, 5.74) is 0. The van der Waals surface area contributed by atoms with Gasteiger partial charge in [-0.3, -0.25) is 0 Å². The molecular weight excluding hydrogens is 449 g/mol. The average molecular weight is 481 g/mol. The minimum atomic E-state index is 0. The molecule has 1 aliphatic heterocycles. The number of rotatable bonds is 10. The maximum atomic E-state index is 5.68. The van der Waals surface area contributed by atoms with Gasteiger partial charge in [0.05, 0.1) is 19.3 Å². The molecule has 0 amide bonds. The Morgan fingerprint density at radius 2 is 2.16 bits per heavy atom. The van der Waals surface area contributed by atoms with E-state index in [1.165, 1.54) is 16.2 Å². The molecule has 0 aromatic carbocycles. The van der Waals surface area contributed by atoms with Crippen LogP contribution in [0, 0.1) is 0 Å². The van der Waals surface area contributed by atoms with Gasteiger partial charge in [0.1, 0.15) is 0 Å². The summed E-state index contributed by atoms with van der Waals surface area (Å²) in [5.74, 6) is 0.878. The van der Waals surface area contributed by atoms with Gasteiger partial charge in [0.2, 0.25) is 0 Å². The van der Waals surface area contributed by atoms with Crippen LogP contribution in [0.5, 0.6) is 0 Å². The predicted octanol–water partition coefficient (Wildman–Crippen LogP) is 3.57. The third kappa shape index (κ3) is 9.21. The summed E-state index contributed by atoms with van der Waals surface area (Å²) in [5, 5.41) is 6.66. The Balaban J connectivity index is 0.00000312. The number of hydrogen-bond donors (Lipinski definition) is 2. The first-order valence-electron chi connectivity index (χ1n) is 9.11. The number of aliphatic imine (C=N–C) groups is 1. The highest BCUT2D eigenvalue weighted by Gasteiger charge is 2.14. The van der Waals surface area contributed by atoms with Crippen LogP contribution in [0.1, 0.15) is 42.9 Å². The van der Waals surface area contributed by atoms with Gasteiger partial charge in [0.15, 0.2) is 5.96 Å². The Morgan fingerprint density at radius 3 is 2.84 bits per heavy atom. The molecule has 0 aliphatic carbocycles. The summed E-state index contributed by atoms with van der Waals surface area (Å²) in [6.07, 6.45) is 4.69. The van der Waals surface area contributed by atoms with Crippen LogP contribution in [-0.4, -0.2) is 45.0 Å². The molecular formula is C18H32IN3O2S. The average Bonchev–Trinajstić information content (AvgIpc) is 3.27. The Morgan fingerprint density at radius 1 is 1.32 bits per heavy atom. The zero-order valence-corrected chi connectivity index (χ0v) is 18.5. The molecule has 1 aromatic rings. The fourth-order valence-electron chi connectivity index (χ4n) is 2.57. The molecule has 0 spiro atoms. The summed E-state index contributed by atoms with van der Waals surface area (Å²) in [6.45, 7) is 9.11. The lowest BCUT2D eigenvalue weighted by atomic mass is 10.2. The summed E-state index contributed by atoms with van der Waals surface area (Å²) < 4.78 is 11.2. The quantitative estimate of drug-likeness (QED) is 0.232. The van der Waals surface area contributed by atoms with E-state index >= 15 is 0 Å². The number of guanidine groups is 1. The van der Waals surface area contributed by atoms with E-state index in [4.69, 9.17) is 9.47 Å². The van der Waals surface area contributed by atoms with Crippen LogP contribution in [-0.2, 0) is 22.4 Å². The lowest BCUT2D eigenvalue weighted by Crippen LogP contribution is -2.38. The van der Waals surface area contributed by atoms with Crippen LogP contribution in [0.3, 0.4) is 0 Å². The van der Waals surface area contributed by atoms with Crippen LogP contribution in [0.2, 0.25) is 0 Å². The third-order valence-corrected chi connectivity index (χ3v) is 5.10. The molecule has 7 heteroatoms. The van der Waals surface area contributed by atoms with E-state index in [2.05, 4.69) is 41.6 Å². The number of ether oxygens (including phenoxy) is 2. The highest BCUT2D eigenvalue weighted by Crippen LogP contribution is 2.17. The van der Waals surface area contributed by atoms with Crippen molar-refractivity contribution in [2.45, 2.75) is 52.2 Å². The number of thiophene rings is 1. The highest BCUT2D eigenvalue weighted by molar-refractivity contribution is 14.0. The van der Waals surface area contributed by atoms with Gasteiger partial charge < -0.3 is 20.1 Å². The van der Waals surface area contributed by atoms with Crippen molar-refractivity contribution in [1.29, 1.82) is 0 Å². The summed E-state index contributed by atoms with van der Waals surface area (Å²) >= 11 is 1.85. The number of nitrogens with one attached hydrogen (secondary N) is 2. The fourth-order valence-corrected chi connectivity index (χ4v) is 3.45. The zero-order valence-electron chi connectivity index (χ0n) is 15.4. The Labute approximate surface area is 173 Å². The number of nitrogens with zero attached hydrogens (tertiary/aromatic N) is 1. The molecule has 0 bridgehead atoms. The first-order valence-corrected chi connectivity index (χ1v) is 9.92. The number of aryl methyl sites for hydroxylation is 1. The maximum absolute atomic E-state index is 5.68. The molecule has 144 valence electrons. The van der Waals surface area contributed by atoms with E-state index in [-0.39, 0.29) is 24.0 Å². The van der Waals surface area contributed by atoms with Crippen molar-refractivity contribution in [2.75, 3.05) is 32.9 Å². The topological polar surface area (TPSA) is 54.9 Å². The molecule has 1 saturated heterocycles. The Bertz CT molecular complexity index is 490. The minimum Gasteiger partial charge on any atom is -0.379 e. The largest absolute Gasteiger partial charge is 0.379 e. The smallest absolute Gasteiger partial charge is 0.191 e. The Hall–Kier alpha value is -0.380. The van der Waals surface area contributed by atoms with E-state index in [1.807, 2.05) is 11.3 Å². The van der Waals surface area contributed by atoms with Crippen molar-refractivity contribution in [3.05, 3.63) is 21.9 Å². The SMILES string of the molecule is CCNC(=NCc1ccc(CC)s1)NCCCOCC1CCCO1.I. The molecule has 0 saturated carbocycles. The maximum Gasteiger partial charge on any atom is 0.191 e. The summed E-state index contributed by atoms with van der Waals surface area (Å²) in [7, 11) is 0. The van der Waals surface area contributed by atoms with Crippen LogP contribution in [0.15, 0.2) is 17.1 Å². The van der Waals surface area contributed by atoms with Crippen LogP contribution in [0.4, 0.5) is 0 Å². The summed E-state index contributed by atoms with van der Waals surface area (Å²) in [6, 6.07) is 4.37. The second-order valence-corrected chi connectivity index (χ2v) is 7.16. The summed E-state index contributed by atoms with van der Waals surface area (Å²) in [4.78, 5) is 7.38. The fraction of sp³-hybridized carbons (Fsp3) is 0.722. The van der Waals surface area contributed by atoms with E-state index in [9.17, 15) is 0 Å². The van der Waals surface area contributed by atoms with Crippen molar-refractivity contribution in [1.82, 2.24) is 10.6 Å². The first kappa shape index (κ1) is 22.7. The molecule has 2 heterocycles. The molecule has 25 heavy (non-hydrogen) atoms. The van der Waals surface area contributed by atoms with Crippen LogP contribution < -0.4 is 10.6 Å². The molecule has 2 N–H and O–H groups in total.